The zero-order valence-electron chi connectivity index (χ0n) is 11.5. The highest BCUT2D eigenvalue weighted by Crippen LogP contribution is 2.24. The Labute approximate surface area is 114 Å². The normalized spacial score (nSPS) is 25.3. The highest BCUT2D eigenvalue weighted by molar-refractivity contribution is 5.73. The summed E-state index contributed by atoms with van der Waals surface area (Å²) in [4.78, 5) is 15.9. The van der Waals surface area contributed by atoms with Crippen molar-refractivity contribution in [2.45, 2.75) is 25.8 Å². The highest BCUT2D eigenvalue weighted by atomic mass is 16.2. The van der Waals surface area contributed by atoms with Gasteiger partial charge in [-0.15, -0.1) is 0 Å². The van der Waals surface area contributed by atoms with Crippen molar-refractivity contribution in [3.63, 3.8) is 0 Å². The third kappa shape index (κ3) is 2.81. The highest BCUT2D eigenvalue weighted by Gasteiger charge is 2.31. The molecule has 3 heterocycles. The molecule has 0 radical (unpaired) electrons. The molecule has 1 atom stereocenters. The number of hydrogen-bond donors (Lipinski definition) is 0. The number of rotatable bonds is 3. The number of likely N-dealkylation sites (tertiary alicyclic amines) is 2. The van der Waals surface area contributed by atoms with Gasteiger partial charge in [-0.25, -0.2) is 0 Å². The minimum Gasteiger partial charge on any atom is -0.343 e. The molecule has 0 saturated carbocycles. The lowest BCUT2D eigenvalue weighted by molar-refractivity contribution is -0.130. The second kappa shape index (κ2) is 5.33. The van der Waals surface area contributed by atoms with Gasteiger partial charge in [-0.1, -0.05) is 0 Å². The predicted molar refractivity (Wildman–Crippen MR) is 72.7 cm³/mol. The van der Waals surface area contributed by atoms with E-state index in [1.54, 1.807) is 6.92 Å². The second-order valence-corrected chi connectivity index (χ2v) is 5.83. The molecule has 0 N–H and O–H groups in total. The molecule has 5 heteroatoms. The van der Waals surface area contributed by atoms with Crippen LogP contribution in [0.2, 0.25) is 0 Å². The van der Waals surface area contributed by atoms with Gasteiger partial charge in [0.2, 0.25) is 5.91 Å². The van der Waals surface area contributed by atoms with Gasteiger partial charge in [0.15, 0.2) is 0 Å². The summed E-state index contributed by atoms with van der Waals surface area (Å²) in [6, 6.07) is 2.52. The Bertz CT molecular complexity index is 425. The Hall–Kier alpha value is -1.36. The summed E-state index contributed by atoms with van der Waals surface area (Å²) in [5.74, 6) is 0.874. The number of carbonyl (C=O) groups excluding carboxylic acids is 1. The fourth-order valence-electron chi connectivity index (χ4n) is 3.22. The number of aromatic nitrogens is 2. The molecule has 104 valence electrons. The molecule has 2 saturated heterocycles. The van der Waals surface area contributed by atoms with Crippen LogP contribution in [0, 0.1) is 5.92 Å². The van der Waals surface area contributed by atoms with Gasteiger partial charge in [-0.3, -0.25) is 14.4 Å². The Balaban J connectivity index is 1.45. The lowest BCUT2D eigenvalue weighted by Gasteiger charge is -2.43. The van der Waals surface area contributed by atoms with E-state index < -0.39 is 0 Å². The van der Waals surface area contributed by atoms with Crippen molar-refractivity contribution in [1.82, 2.24) is 19.6 Å². The minimum absolute atomic E-state index is 0.225. The smallest absolute Gasteiger partial charge is 0.219 e. The van der Waals surface area contributed by atoms with Crippen LogP contribution in [0.5, 0.6) is 0 Å². The van der Waals surface area contributed by atoms with Crippen LogP contribution in [0.4, 0.5) is 0 Å². The molecule has 5 nitrogen and oxygen atoms in total. The standard InChI is InChI=1S/C14H22N4O/c1-12(19)17-6-2-4-13(9-17)8-16-10-14(11-16)18-7-3-5-15-18/h3,5,7,13-14H,2,4,6,8-11H2,1H3. The van der Waals surface area contributed by atoms with E-state index in [4.69, 9.17) is 0 Å². The van der Waals surface area contributed by atoms with Crippen LogP contribution in [0.1, 0.15) is 25.8 Å². The fraction of sp³-hybridized carbons (Fsp3) is 0.714. The number of carbonyl (C=O) groups is 1. The van der Waals surface area contributed by atoms with Crippen molar-refractivity contribution in [2.24, 2.45) is 5.92 Å². The molecule has 2 aliphatic heterocycles. The predicted octanol–water partition coefficient (Wildman–Crippen LogP) is 0.998. The van der Waals surface area contributed by atoms with Gasteiger partial charge in [0.1, 0.15) is 0 Å². The Morgan fingerprint density at radius 3 is 2.89 bits per heavy atom. The monoisotopic (exact) mass is 262 g/mol. The van der Waals surface area contributed by atoms with Gasteiger partial charge in [-0.05, 0) is 24.8 Å². The van der Waals surface area contributed by atoms with Crippen LogP contribution in [-0.2, 0) is 4.79 Å². The molecular formula is C14H22N4O. The minimum atomic E-state index is 0.225. The summed E-state index contributed by atoms with van der Waals surface area (Å²) in [6.07, 6.45) is 6.29. The van der Waals surface area contributed by atoms with Crippen molar-refractivity contribution < 1.29 is 4.79 Å². The molecule has 2 fully saturated rings. The van der Waals surface area contributed by atoms with Gasteiger partial charge in [0.05, 0.1) is 6.04 Å². The van der Waals surface area contributed by atoms with Crippen molar-refractivity contribution in [1.29, 1.82) is 0 Å². The summed E-state index contributed by atoms with van der Waals surface area (Å²) in [6.45, 7) is 6.89. The maximum atomic E-state index is 11.4. The number of nitrogens with zero attached hydrogens (tertiary/aromatic N) is 4. The average molecular weight is 262 g/mol. The molecule has 1 amide bonds. The molecule has 0 aromatic carbocycles. The zero-order valence-corrected chi connectivity index (χ0v) is 11.5. The molecule has 1 aromatic heterocycles. The van der Waals surface area contributed by atoms with Crippen LogP contribution in [0.15, 0.2) is 18.5 Å². The Morgan fingerprint density at radius 1 is 1.37 bits per heavy atom. The Kier molecular flexibility index (Phi) is 3.55. The van der Waals surface area contributed by atoms with E-state index in [0.717, 1.165) is 39.1 Å². The average Bonchev–Trinajstić information content (AvgIpc) is 2.87. The summed E-state index contributed by atoms with van der Waals surface area (Å²) in [5.41, 5.74) is 0. The summed E-state index contributed by atoms with van der Waals surface area (Å²) < 4.78 is 2.05. The van der Waals surface area contributed by atoms with Gasteiger partial charge < -0.3 is 4.90 Å². The third-order valence-corrected chi connectivity index (χ3v) is 4.32. The Morgan fingerprint density at radius 2 is 2.21 bits per heavy atom. The van der Waals surface area contributed by atoms with Gasteiger partial charge in [0, 0.05) is 52.0 Å². The fourth-order valence-corrected chi connectivity index (χ4v) is 3.22. The lowest BCUT2D eigenvalue weighted by atomic mass is 9.95. The van der Waals surface area contributed by atoms with Gasteiger partial charge >= 0.3 is 0 Å². The largest absolute Gasteiger partial charge is 0.343 e. The first kappa shape index (κ1) is 12.7. The van der Waals surface area contributed by atoms with Crippen LogP contribution in [-0.4, -0.2) is 58.2 Å². The third-order valence-electron chi connectivity index (χ3n) is 4.32. The molecule has 19 heavy (non-hydrogen) atoms. The summed E-state index contributed by atoms with van der Waals surface area (Å²) in [7, 11) is 0. The van der Waals surface area contributed by atoms with E-state index in [9.17, 15) is 4.79 Å². The molecule has 3 rings (SSSR count). The van der Waals surface area contributed by atoms with Crippen molar-refractivity contribution in [2.75, 3.05) is 32.7 Å². The SMILES string of the molecule is CC(=O)N1CCCC(CN2CC(n3cccn3)C2)C1. The topological polar surface area (TPSA) is 41.4 Å². The summed E-state index contributed by atoms with van der Waals surface area (Å²) in [5, 5.41) is 4.29. The van der Waals surface area contributed by atoms with Gasteiger partial charge in [-0.2, -0.15) is 5.10 Å². The first-order valence-electron chi connectivity index (χ1n) is 7.19. The van der Waals surface area contributed by atoms with Gasteiger partial charge in [0.25, 0.3) is 0 Å². The second-order valence-electron chi connectivity index (χ2n) is 5.83. The number of amides is 1. The van der Waals surface area contributed by atoms with Crippen LogP contribution in [0.25, 0.3) is 0 Å². The first-order valence-corrected chi connectivity index (χ1v) is 7.19. The van der Waals surface area contributed by atoms with E-state index >= 15 is 0 Å². The quantitative estimate of drug-likeness (QED) is 0.816. The number of hydrogen-bond acceptors (Lipinski definition) is 3. The van der Waals surface area contributed by atoms with Crippen LogP contribution in [0.3, 0.4) is 0 Å². The first-order chi connectivity index (χ1) is 9.22. The molecule has 0 aliphatic carbocycles. The molecule has 2 aliphatic rings. The molecule has 1 unspecified atom stereocenters. The van der Waals surface area contributed by atoms with Crippen molar-refractivity contribution in [3.05, 3.63) is 18.5 Å². The van der Waals surface area contributed by atoms with Crippen molar-refractivity contribution in [3.8, 4) is 0 Å². The van der Waals surface area contributed by atoms with E-state index in [1.165, 1.54) is 6.42 Å². The number of piperidine rings is 1. The molecular weight excluding hydrogens is 240 g/mol. The molecule has 1 aromatic rings. The molecule has 0 spiro atoms. The van der Waals surface area contributed by atoms with Crippen LogP contribution >= 0.6 is 0 Å². The summed E-state index contributed by atoms with van der Waals surface area (Å²) >= 11 is 0. The zero-order chi connectivity index (χ0) is 13.2. The van der Waals surface area contributed by atoms with E-state index in [0.29, 0.717) is 12.0 Å². The maximum Gasteiger partial charge on any atom is 0.219 e. The lowest BCUT2D eigenvalue weighted by Crippen LogP contribution is -2.51. The van der Waals surface area contributed by atoms with E-state index in [2.05, 4.69) is 14.7 Å². The van der Waals surface area contributed by atoms with Crippen molar-refractivity contribution >= 4 is 5.91 Å². The van der Waals surface area contributed by atoms with E-state index in [1.807, 2.05) is 23.4 Å². The molecule has 0 bridgehead atoms. The maximum absolute atomic E-state index is 11.4. The van der Waals surface area contributed by atoms with Crippen LogP contribution < -0.4 is 0 Å². The van der Waals surface area contributed by atoms with E-state index in [-0.39, 0.29) is 5.91 Å².